The van der Waals surface area contributed by atoms with E-state index in [1.807, 2.05) is 57.2 Å². The van der Waals surface area contributed by atoms with E-state index >= 15 is 0 Å². The number of aromatic nitrogens is 1. The molecule has 1 saturated heterocycles. The van der Waals surface area contributed by atoms with Gasteiger partial charge in [0.05, 0.1) is 34.3 Å². The van der Waals surface area contributed by atoms with Crippen LogP contribution in [0.2, 0.25) is 0 Å². The van der Waals surface area contributed by atoms with E-state index in [1.54, 1.807) is 42.5 Å². The number of rotatable bonds is 7. The number of ketones is 1. The summed E-state index contributed by atoms with van der Waals surface area (Å²) in [4.78, 5) is 58.9. The van der Waals surface area contributed by atoms with Gasteiger partial charge in [-0.15, -0.1) is 0 Å². The Morgan fingerprint density at radius 3 is 2.41 bits per heavy atom. The molecule has 222 valence electrons. The minimum absolute atomic E-state index is 0.00873. The van der Waals surface area contributed by atoms with Crippen molar-refractivity contribution in [2.45, 2.75) is 33.6 Å². The Kier molecular flexibility index (Phi) is 8.03. The van der Waals surface area contributed by atoms with Crippen LogP contribution in [0.15, 0.2) is 83.4 Å². The summed E-state index contributed by atoms with van der Waals surface area (Å²) >= 11 is 3.55. The number of carbonyl (C=O) groups is 4. The maximum Gasteiger partial charge on any atom is 0.339 e. The predicted molar refractivity (Wildman–Crippen MR) is 172 cm³/mol. The molecule has 3 atom stereocenters. The molecule has 8 heteroatoms. The number of hydrogen-bond donors (Lipinski definition) is 0. The number of anilines is 1. The fourth-order valence-electron chi connectivity index (χ4n) is 6.16. The van der Waals surface area contributed by atoms with Gasteiger partial charge in [-0.1, -0.05) is 83.9 Å². The number of carbonyl (C=O) groups excluding carboxylic acids is 4. The number of esters is 1. The topological polar surface area (TPSA) is 93.6 Å². The first-order chi connectivity index (χ1) is 21.2. The Balaban J connectivity index is 1.33. The summed E-state index contributed by atoms with van der Waals surface area (Å²) in [7, 11) is 0. The van der Waals surface area contributed by atoms with Crippen molar-refractivity contribution < 1.29 is 23.9 Å². The molecule has 2 aliphatic rings. The van der Waals surface area contributed by atoms with Crippen LogP contribution in [0.1, 0.15) is 52.1 Å². The average Bonchev–Trinajstić information content (AvgIpc) is 3.29. The Bertz CT molecular complexity index is 1850. The standard InChI is InChI=1S/C36H31BrN2O5/c1-4-22-16-25(37)17-28-29(36(43)44-19-31(40)24-10-8-20(2)9-11-24)18-30(38-33(22)28)23-12-14-26(15-13-23)39-34(41)27-7-5-6-21(3)32(27)35(39)42/h5-6,8-18,21,27,32H,4,7,19H2,1-3H3. The Labute approximate surface area is 264 Å². The number of ether oxygens (including phenoxy) is 1. The molecule has 1 fully saturated rings. The maximum atomic E-state index is 13.5. The van der Waals surface area contributed by atoms with E-state index in [2.05, 4.69) is 15.9 Å². The van der Waals surface area contributed by atoms with Gasteiger partial charge in [-0.3, -0.25) is 19.3 Å². The summed E-state index contributed by atoms with van der Waals surface area (Å²) in [5.74, 6) is -1.92. The second-order valence-corrected chi connectivity index (χ2v) is 12.4. The third-order valence-corrected chi connectivity index (χ3v) is 9.02. The van der Waals surface area contributed by atoms with Crippen LogP contribution in [0, 0.1) is 24.7 Å². The third-order valence-electron chi connectivity index (χ3n) is 8.56. The molecule has 3 unspecified atom stereocenters. The van der Waals surface area contributed by atoms with Crippen molar-refractivity contribution >= 4 is 56.1 Å². The second-order valence-electron chi connectivity index (χ2n) is 11.4. The predicted octanol–water partition coefficient (Wildman–Crippen LogP) is 7.28. The monoisotopic (exact) mass is 650 g/mol. The molecule has 3 aromatic carbocycles. The lowest BCUT2D eigenvalue weighted by atomic mass is 9.78. The molecule has 1 aliphatic heterocycles. The van der Waals surface area contributed by atoms with Crippen molar-refractivity contribution in [2.24, 2.45) is 17.8 Å². The van der Waals surface area contributed by atoms with Crippen LogP contribution in [0.4, 0.5) is 5.69 Å². The summed E-state index contributed by atoms with van der Waals surface area (Å²) < 4.78 is 6.34. The number of fused-ring (bicyclic) bond motifs is 2. The number of nitrogens with zero attached hydrogens (tertiary/aromatic N) is 2. The van der Waals surface area contributed by atoms with Crippen LogP contribution in [-0.2, 0) is 20.7 Å². The summed E-state index contributed by atoms with van der Waals surface area (Å²) in [5.41, 5.74) is 5.14. The molecule has 0 spiro atoms. The van der Waals surface area contributed by atoms with Crippen molar-refractivity contribution in [1.29, 1.82) is 0 Å². The van der Waals surface area contributed by atoms with Crippen LogP contribution in [0.3, 0.4) is 0 Å². The largest absolute Gasteiger partial charge is 0.454 e. The summed E-state index contributed by atoms with van der Waals surface area (Å²) in [5, 5.41) is 0.614. The Hall–Kier alpha value is -4.43. The van der Waals surface area contributed by atoms with Crippen LogP contribution < -0.4 is 4.90 Å². The lowest BCUT2D eigenvalue weighted by Crippen LogP contribution is -2.31. The van der Waals surface area contributed by atoms with Gasteiger partial charge in [0.15, 0.2) is 12.4 Å². The number of pyridine rings is 1. The zero-order valence-corrected chi connectivity index (χ0v) is 26.3. The first kappa shape index (κ1) is 29.6. The number of halogens is 1. The second kappa shape index (κ2) is 11.9. The molecule has 4 aromatic rings. The van der Waals surface area contributed by atoms with Gasteiger partial charge in [0, 0.05) is 21.0 Å². The van der Waals surface area contributed by atoms with E-state index in [9.17, 15) is 19.2 Å². The zero-order valence-electron chi connectivity index (χ0n) is 24.7. The van der Waals surface area contributed by atoms with Gasteiger partial charge in [-0.25, -0.2) is 9.78 Å². The molecule has 1 aromatic heterocycles. The van der Waals surface area contributed by atoms with Gasteiger partial charge in [0.25, 0.3) is 0 Å². The molecular weight excluding hydrogens is 620 g/mol. The fourth-order valence-corrected chi connectivity index (χ4v) is 6.67. The molecule has 1 aliphatic carbocycles. The van der Waals surface area contributed by atoms with Crippen molar-refractivity contribution in [2.75, 3.05) is 11.5 Å². The van der Waals surface area contributed by atoms with E-state index in [0.717, 1.165) is 15.6 Å². The number of benzene rings is 3. The molecule has 7 nitrogen and oxygen atoms in total. The smallest absolute Gasteiger partial charge is 0.339 e. The molecule has 0 bridgehead atoms. The molecule has 0 radical (unpaired) electrons. The van der Waals surface area contributed by atoms with Crippen LogP contribution in [0.5, 0.6) is 0 Å². The molecule has 0 saturated carbocycles. The Morgan fingerprint density at radius 2 is 1.73 bits per heavy atom. The fraction of sp³-hybridized carbons (Fsp3) is 0.250. The van der Waals surface area contributed by atoms with E-state index < -0.39 is 12.6 Å². The molecular formula is C36H31BrN2O5. The van der Waals surface area contributed by atoms with Gasteiger partial charge in [-0.05, 0) is 61.6 Å². The average molecular weight is 652 g/mol. The molecule has 44 heavy (non-hydrogen) atoms. The van der Waals surface area contributed by atoms with E-state index in [0.29, 0.717) is 46.3 Å². The highest BCUT2D eigenvalue weighted by molar-refractivity contribution is 9.10. The first-order valence-corrected chi connectivity index (χ1v) is 15.5. The lowest BCUT2D eigenvalue weighted by Gasteiger charge is -2.22. The quantitative estimate of drug-likeness (QED) is 0.0903. The van der Waals surface area contributed by atoms with E-state index in [1.165, 1.54) is 4.90 Å². The van der Waals surface area contributed by atoms with E-state index in [-0.39, 0.29) is 40.9 Å². The highest BCUT2D eigenvalue weighted by atomic mass is 79.9. The minimum atomic E-state index is -0.630. The summed E-state index contributed by atoms with van der Waals surface area (Å²) in [6.07, 6.45) is 5.24. The SMILES string of the molecule is CCc1cc(Br)cc2c(C(=O)OCC(=O)c3ccc(C)cc3)cc(-c3ccc(N4C(=O)C5CC=CC(C)C5C4=O)cc3)nc12. The van der Waals surface area contributed by atoms with Gasteiger partial charge in [0.1, 0.15) is 0 Å². The van der Waals surface area contributed by atoms with E-state index in [4.69, 9.17) is 9.72 Å². The summed E-state index contributed by atoms with van der Waals surface area (Å²) in [6.45, 7) is 5.53. The maximum absolute atomic E-state index is 13.5. The van der Waals surface area contributed by atoms with Crippen LogP contribution in [0.25, 0.3) is 22.2 Å². The summed E-state index contributed by atoms with van der Waals surface area (Å²) in [6, 6.07) is 19.7. The molecule has 2 amide bonds. The highest BCUT2D eigenvalue weighted by Crippen LogP contribution is 2.41. The Morgan fingerprint density at radius 1 is 1.00 bits per heavy atom. The number of allylic oxidation sites excluding steroid dienone is 2. The first-order valence-electron chi connectivity index (χ1n) is 14.7. The van der Waals surface area contributed by atoms with Crippen LogP contribution in [-0.4, -0.2) is 35.2 Å². The van der Waals surface area contributed by atoms with Gasteiger partial charge < -0.3 is 4.74 Å². The van der Waals surface area contributed by atoms with Gasteiger partial charge in [-0.2, -0.15) is 0 Å². The molecule has 0 N–H and O–H groups in total. The van der Waals surface area contributed by atoms with Crippen molar-refractivity contribution in [3.05, 3.63) is 106 Å². The van der Waals surface area contributed by atoms with Gasteiger partial charge >= 0.3 is 5.97 Å². The number of hydrogen-bond acceptors (Lipinski definition) is 6. The number of aryl methyl sites for hydroxylation is 2. The minimum Gasteiger partial charge on any atom is -0.454 e. The number of amides is 2. The third kappa shape index (κ3) is 5.39. The molecule has 2 heterocycles. The van der Waals surface area contributed by atoms with Crippen molar-refractivity contribution in [1.82, 2.24) is 4.98 Å². The zero-order chi connectivity index (χ0) is 31.1. The number of Topliss-reactive ketones (excluding diaryl/α,β-unsaturated/α-hetero) is 1. The van der Waals surface area contributed by atoms with Crippen molar-refractivity contribution in [3.8, 4) is 11.3 Å². The molecule has 6 rings (SSSR count). The number of imide groups is 1. The van der Waals surface area contributed by atoms with Crippen LogP contribution >= 0.6 is 15.9 Å². The van der Waals surface area contributed by atoms with Crippen molar-refractivity contribution in [3.63, 3.8) is 0 Å². The highest BCUT2D eigenvalue weighted by Gasteiger charge is 2.50. The normalized spacial score (nSPS) is 19.4. The lowest BCUT2D eigenvalue weighted by molar-refractivity contribution is -0.122. The van der Waals surface area contributed by atoms with Gasteiger partial charge in [0.2, 0.25) is 11.8 Å².